The summed E-state index contributed by atoms with van der Waals surface area (Å²) in [7, 11) is 0. The van der Waals surface area contributed by atoms with Gasteiger partial charge in [-0.15, -0.1) is 0 Å². The van der Waals surface area contributed by atoms with Gasteiger partial charge < -0.3 is 19.7 Å². The highest BCUT2D eigenvalue weighted by Gasteiger charge is 2.31. The van der Waals surface area contributed by atoms with Gasteiger partial charge in [0, 0.05) is 5.56 Å². The second-order valence-corrected chi connectivity index (χ2v) is 3.16. The molecule has 2 rings (SSSR count). The maximum atomic E-state index is 8.87. The molecule has 0 spiro atoms. The van der Waals surface area contributed by atoms with E-state index in [1.54, 1.807) is 0 Å². The Morgan fingerprint density at radius 3 is 2.50 bits per heavy atom. The molecule has 0 amide bonds. The van der Waals surface area contributed by atoms with Gasteiger partial charge in [0.25, 0.3) is 0 Å². The number of ether oxygens (including phenoxy) is 2. The highest BCUT2D eigenvalue weighted by molar-refractivity contribution is 5.16. The Morgan fingerprint density at radius 1 is 1.21 bits per heavy atom. The SMILES string of the molecule is OC(O)[C@H]1COC(c2ccccc2)O1. The van der Waals surface area contributed by atoms with Gasteiger partial charge in [0.2, 0.25) is 0 Å². The summed E-state index contributed by atoms with van der Waals surface area (Å²) in [5.74, 6) is 0. The molecule has 1 aromatic carbocycles. The first-order chi connectivity index (χ1) is 6.77. The smallest absolute Gasteiger partial charge is 0.184 e. The number of hydrogen-bond acceptors (Lipinski definition) is 4. The van der Waals surface area contributed by atoms with Crippen molar-refractivity contribution in [3.63, 3.8) is 0 Å². The van der Waals surface area contributed by atoms with Crippen LogP contribution in [0.3, 0.4) is 0 Å². The first-order valence-electron chi connectivity index (χ1n) is 4.45. The van der Waals surface area contributed by atoms with E-state index in [0.29, 0.717) is 0 Å². The standard InChI is InChI=1S/C10H12O4/c11-9(12)8-6-13-10(14-8)7-4-2-1-3-5-7/h1-5,8-12H,6H2/t8-,10?/m1/s1. The third kappa shape index (κ3) is 1.93. The molecule has 1 saturated heterocycles. The lowest BCUT2D eigenvalue weighted by Gasteiger charge is -2.12. The average molecular weight is 196 g/mol. The Morgan fingerprint density at radius 2 is 1.93 bits per heavy atom. The fraction of sp³-hybridized carbons (Fsp3) is 0.400. The van der Waals surface area contributed by atoms with Gasteiger partial charge in [-0.1, -0.05) is 30.3 Å². The van der Waals surface area contributed by atoms with Gasteiger partial charge >= 0.3 is 0 Å². The van der Waals surface area contributed by atoms with Gasteiger partial charge in [0.15, 0.2) is 12.6 Å². The molecule has 76 valence electrons. The summed E-state index contributed by atoms with van der Waals surface area (Å²) in [6, 6.07) is 9.40. The van der Waals surface area contributed by atoms with E-state index in [9.17, 15) is 0 Å². The van der Waals surface area contributed by atoms with Crippen molar-refractivity contribution in [2.24, 2.45) is 0 Å². The molecule has 0 aromatic heterocycles. The molecule has 1 aliphatic rings. The lowest BCUT2D eigenvalue weighted by Crippen LogP contribution is -2.27. The molecule has 0 aliphatic carbocycles. The predicted octanol–water partition coefficient (Wildman–Crippen LogP) is 0.411. The molecule has 1 unspecified atom stereocenters. The van der Waals surface area contributed by atoms with Gasteiger partial charge in [-0.2, -0.15) is 0 Å². The Labute approximate surface area is 81.7 Å². The zero-order valence-corrected chi connectivity index (χ0v) is 7.54. The van der Waals surface area contributed by atoms with E-state index < -0.39 is 18.7 Å². The van der Waals surface area contributed by atoms with Crippen molar-refractivity contribution < 1.29 is 19.7 Å². The molecule has 1 aliphatic heterocycles. The zero-order valence-electron chi connectivity index (χ0n) is 7.54. The number of rotatable bonds is 2. The maximum absolute atomic E-state index is 8.87. The molecule has 2 N–H and O–H groups in total. The minimum absolute atomic E-state index is 0.206. The van der Waals surface area contributed by atoms with Gasteiger partial charge in [-0.25, -0.2) is 0 Å². The lowest BCUT2D eigenvalue weighted by molar-refractivity contribution is -0.147. The molecule has 4 heteroatoms. The second-order valence-electron chi connectivity index (χ2n) is 3.16. The summed E-state index contributed by atoms with van der Waals surface area (Å²) in [4.78, 5) is 0. The number of benzene rings is 1. The molecule has 0 bridgehead atoms. The van der Waals surface area contributed by atoms with Crippen LogP contribution in [-0.2, 0) is 9.47 Å². The third-order valence-corrected chi connectivity index (χ3v) is 2.11. The quantitative estimate of drug-likeness (QED) is 0.673. The van der Waals surface area contributed by atoms with E-state index in [2.05, 4.69) is 0 Å². The van der Waals surface area contributed by atoms with Crippen molar-refractivity contribution in [1.82, 2.24) is 0 Å². The van der Waals surface area contributed by atoms with Crippen LogP contribution in [0.4, 0.5) is 0 Å². The Kier molecular flexibility index (Phi) is 2.79. The topological polar surface area (TPSA) is 58.9 Å². The van der Waals surface area contributed by atoms with Crippen LogP contribution in [-0.4, -0.2) is 29.2 Å². The van der Waals surface area contributed by atoms with Crippen LogP contribution in [0.2, 0.25) is 0 Å². The van der Waals surface area contributed by atoms with Crippen molar-refractivity contribution in [1.29, 1.82) is 0 Å². The van der Waals surface area contributed by atoms with Crippen molar-refractivity contribution >= 4 is 0 Å². The molecule has 1 aromatic rings. The first-order valence-corrected chi connectivity index (χ1v) is 4.45. The summed E-state index contributed by atoms with van der Waals surface area (Å²) in [5, 5.41) is 17.7. The maximum Gasteiger partial charge on any atom is 0.184 e. The van der Waals surface area contributed by atoms with Crippen LogP contribution in [0.25, 0.3) is 0 Å². The predicted molar refractivity (Wildman–Crippen MR) is 48.2 cm³/mol. The number of aliphatic hydroxyl groups excluding tert-OH is 1. The van der Waals surface area contributed by atoms with Gasteiger partial charge in [0.05, 0.1) is 6.61 Å². The van der Waals surface area contributed by atoms with E-state index in [0.717, 1.165) is 5.56 Å². The largest absolute Gasteiger partial charge is 0.366 e. The van der Waals surface area contributed by atoms with E-state index in [1.165, 1.54) is 0 Å². The molecule has 1 fully saturated rings. The molecule has 1 heterocycles. The Bertz CT molecular complexity index is 285. The summed E-state index contributed by atoms with van der Waals surface area (Å²) in [6.45, 7) is 0.206. The Balaban J connectivity index is 2.03. The van der Waals surface area contributed by atoms with Crippen LogP contribution in [0.1, 0.15) is 11.9 Å². The first kappa shape index (κ1) is 9.61. The van der Waals surface area contributed by atoms with Crippen LogP contribution < -0.4 is 0 Å². The van der Waals surface area contributed by atoms with Crippen LogP contribution in [0.15, 0.2) is 30.3 Å². The van der Waals surface area contributed by atoms with Gasteiger partial charge in [0.1, 0.15) is 6.10 Å². The summed E-state index contributed by atoms with van der Waals surface area (Å²) < 4.78 is 10.6. The van der Waals surface area contributed by atoms with Crippen molar-refractivity contribution in [3.8, 4) is 0 Å². The number of hydrogen-bond donors (Lipinski definition) is 2. The molecule has 0 saturated carbocycles. The highest BCUT2D eigenvalue weighted by atomic mass is 16.7. The molecule has 4 nitrogen and oxygen atoms in total. The third-order valence-electron chi connectivity index (χ3n) is 2.11. The van der Waals surface area contributed by atoms with Gasteiger partial charge in [-0.3, -0.25) is 0 Å². The molecule has 14 heavy (non-hydrogen) atoms. The zero-order chi connectivity index (χ0) is 9.97. The van der Waals surface area contributed by atoms with Crippen LogP contribution in [0, 0.1) is 0 Å². The monoisotopic (exact) mass is 196 g/mol. The van der Waals surface area contributed by atoms with E-state index in [4.69, 9.17) is 19.7 Å². The summed E-state index contributed by atoms with van der Waals surface area (Å²) in [5.41, 5.74) is 0.885. The highest BCUT2D eigenvalue weighted by Crippen LogP contribution is 2.27. The molecular formula is C10H12O4. The fourth-order valence-corrected chi connectivity index (χ4v) is 1.36. The van der Waals surface area contributed by atoms with E-state index in [1.807, 2.05) is 30.3 Å². The second kappa shape index (κ2) is 4.06. The van der Waals surface area contributed by atoms with E-state index >= 15 is 0 Å². The summed E-state index contributed by atoms with van der Waals surface area (Å²) in [6.07, 6.45) is -2.62. The molecule has 2 atom stereocenters. The lowest BCUT2D eigenvalue weighted by atomic mass is 10.2. The van der Waals surface area contributed by atoms with E-state index in [-0.39, 0.29) is 6.61 Å². The normalized spacial score (nSPS) is 27.1. The fourth-order valence-electron chi connectivity index (χ4n) is 1.36. The van der Waals surface area contributed by atoms with Crippen molar-refractivity contribution in [2.45, 2.75) is 18.7 Å². The minimum Gasteiger partial charge on any atom is -0.366 e. The molecule has 0 radical (unpaired) electrons. The van der Waals surface area contributed by atoms with Crippen molar-refractivity contribution in [3.05, 3.63) is 35.9 Å². The molecular weight excluding hydrogens is 184 g/mol. The van der Waals surface area contributed by atoms with Gasteiger partial charge in [-0.05, 0) is 0 Å². The number of aliphatic hydroxyl groups is 2. The average Bonchev–Trinajstić information content (AvgIpc) is 2.68. The Hall–Kier alpha value is -0.940. The van der Waals surface area contributed by atoms with Crippen LogP contribution >= 0.6 is 0 Å². The van der Waals surface area contributed by atoms with Crippen molar-refractivity contribution in [2.75, 3.05) is 6.61 Å². The minimum atomic E-state index is -1.48. The van der Waals surface area contributed by atoms with Crippen LogP contribution in [0.5, 0.6) is 0 Å². The summed E-state index contributed by atoms with van der Waals surface area (Å²) >= 11 is 0.